The van der Waals surface area contributed by atoms with Gasteiger partial charge in [-0.2, -0.15) is 0 Å². The van der Waals surface area contributed by atoms with E-state index in [0.717, 1.165) is 12.1 Å². The van der Waals surface area contributed by atoms with Crippen LogP contribution in [0.2, 0.25) is 0 Å². The molecule has 0 amide bonds. The molecule has 0 saturated carbocycles. The fourth-order valence-electron chi connectivity index (χ4n) is 1.64. The van der Waals surface area contributed by atoms with Crippen molar-refractivity contribution in [2.24, 2.45) is 5.92 Å². The first kappa shape index (κ1) is 12.6. The van der Waals surface area contributed by atoms with E-state index in [1.807, 2.05) is 0 Å². The molecule has 1 aromatic rings. The number of benzene rings is 1. The molecule has 1 aromatic carbocycles. The number of halogens is 2. The number of rotatable bonds is 3. The zero-order valence-corrected chi connectivity index (χ0v) is 9.46. The summed E-state index contributed by atoms with van der Waals surface area (Å²) in [4.78, 5) is 11.5. The zero-order chi connectivity index (χ0) is 12.3. The molecule has 0 saturated heterocycles. The molecule has 1 atom stereocenters. The van der Waals surface area contributed by atoms with Gasteiger partial charge in [0.1, 0.15) is 11.6 Å². The lowest BCUT2D eigenvalue weighted by atomic mass is 9.88. The molecule has 0 radical (unpaired) electrons. The first-order valence-electron chi connectivity index (χ1n) is 5.00. The van der Waals surface area contributed by atoms with Crippen molar-refractivity contribution in [2.75, 3.05) is 7.11 Å². The highest BCUT2D eigenvalue weighted by Gasteiger charge is 2.27. The Hall–Kier alpha value is -1.45. The molecule has 88 valence electrons. The normalized spacial score (nSPS) is 12.6. The highest BCUT2D eigenvalue weighted by molar-refractivity contribution is 5.78. The Morgan fingerprint density at radius 3 is 2.38 bits per heavy atom. The highest BCUT2D eigenvalue weighted by atomic mass is 19.1. The monoisotopic (exact) mass is 228 g/mol. The van der Waals surface area contributed by atoms with Crippen LogP contribution in [0.1, 0.15) is 25.3 Å². The average Bonchev–Trinajstić information content (AvgIpc) is 2.21. The molecule has 16 heavy (non-hydrogen) atoms. The summed E-state index contributed by atoms with van der Waals surface area (Å²) >= 11 is 0. The third-order valence-electron chi connectivity index (χ3n) is 2.42. The Kier molecular flexibility index (Phi) is 3.99. The fraction of sp³-hybridized carbons (Fsp3) is 0.417. The van der Waals surface area contributed by atoms with Gasteiger partial charge in [-0.05, 0) is 12.0 Å². The smallest absolute Gasteiger partial charge is 0.313 e. The molecule has 0 heterocycles. The van der Waals surface area contributed by atoms with Crippen LogP contribution in [0, 0.1) is 17.6 Å². The number of hydrogen-bond donors (Lipinski definition) is 0. The first-order valence-corrected chi connectivity index (χ1v) is 5.00. The van der Waals surface area contributed by atoms with E-state index in [2.05, 4.69) is 4.74 Å². The molecular formula is C12H14F2O2. The van der Waals surface area contributed by atoms with E-state index in [-0.39, 0.29) is 11.5 Å². The summed E-state index contributed by atoms with van der Waals surface area (Å²) in [6, 6.07) is 3.19. The second-order valence-electron chi connectivity index (χ2n) is 3.91. The lowest BCUT2D eigenvalue weighted by molar-refractivity contribution is -0.143. The summed E-state index contributed by atoms with van der Waals surface area (Å²) < 4.78 is 30.9. The molecule has 0 fully saturated rings. The quantitative estimate of drug-likeness (QED) is 0.743. The van der Waals surface area contributed by atoms with Gasteiger partial charge < -0.3 is 4.74 Å². The number of hydrogen-bond acceptors (Lipinski definition) is 2. The topological polar surface area (TPSA) is 26.3 Å². The second kappa shape index (κ2) is 5.05. The van der Waals surface area contributed by atoms with Crippen LogP contribution in [0.3, 0.4) is 0 Å². The van der Waals surface area contributed by atoms with Gasteiger partial charge in [0.05, 0.1) is 13.0 Å². The predicted octanol–water partition coefficient (Wildman–Crippen LogP) is 2.88. The van der Waals surface area contributed by atoms with Crippen molar-refractivity contribution >= 4 is 5.97 Å². The van der Waals surface area contributed by atoms with Gasteiger partial charge in [0.15, 0.2) is 0 Å². The molecular weight excluding hydrogens is 214 g/mol. The number of carbonyl (C=O) groups excluding carboxylic acids is 1. The highest BCUT2D eigenvalue weighted by Crippen LogP contribution is 2.28. The SMILES string of the molecule is COC(=O)C(c1ccc(F)cc1F)C(C)C. The molecule has 0 aromatic heterocycles. The molecule has 2 nitrogen and oxygen atoms in total. The van der Waals surface area contributed by atoms with Crippen molar-refractivity contribution < 1.29 is 18.3 Å². The maximum Gasteiger partial charge on any atom is 0.313 e. The van der Waals surface area contributed by atoms with E-state index in [1.165, 1.54) is 13.2 Å². The van der Waals surface area contributed by atoms with Crippen LogP contribution in [-0.2, 0) is 9.53 Å². The van der Waals surface area contributed by atoms with Gasteiger partial charge in [-0.3, -0.25) is 4.79 Å². The van der Waals surface area contributed by atoms with Crippen molar-refractivity contribution in [1.29, 1.82) is 0 Å². The number of methoxy groups -OCH3 is 1. The van der Waals surface area contributed by atoms with Gasteiger partial charge in [-0.15, -0.1) is 0 Å². The Morgan fingerprint density at radius 1 is 1.31 bits per heavy atom. The maximum atomic E-state index is 13.5. The minimum atomic E-state index is -0.718. The Labute approximate surface area is 93.2 Å². The van der Waals surface area contributed by atoms with Crippen LogP contribution in [0.4, 0.5) is 8.78 Å². The van der Waals surface area contributed by atoms with Crippen molar-refractivity contribution in [1.82, 2.24) is 0 Å². The Balaban J connectivity index is 3.16. The molecule has 0 aliphatic carbocycles. The van der Waals surface area contributed by atoms with Gasteiger partial charge in [0.25, 0.3) is 0 Å². The van der Waals surface area contributed by atoms with Gasteiger partial charge in [0, 0.05) is 11.6 Å². The number of ether oxygens (including phenoxy) is 1. The predicted molar refractivity (Wildman–Crippen MR) is 56.0 cm³/mol. The maximum absolute atomic E-state index is 13.5. The summed E-state index contributed by atoms with van der Waals surface area (Å²) in [6.45, 7) is 3.56. The van der Waals surface area contributed by atoms with Crippen molar-refractivity contribution in [3.63, 3.8) is 0 Å². The minimum absolute atomic E-state index is 0.118. The van der Waals surface area contributed by atoms with Gasteiger partial charge in [-0.25, -0.2) is 8.78 Å². The average molecular weight is 228 g/mol. The summed E-state index contributed by atoms with van der Waals surface area (Å²) in [5, 5.41) is 0. The van der Waals surface area contributed by atoms with Crippen LogP contribution >= 0.6 is 0 Å². The Bertz CT molecular complexity index is 389. The second-order valence-corrected chi connectivity index (χ2v) is 3.91. The minimum Gasteiger partial charge on any atom is -0.469 e. The third-order valence-corrected chi connectivity index (χ3v) is 2.42. The molecule has 1 rings (SSSR count). The van der Waals surface area contributed by atoms with Crippen molar-refractivity contribution in [3.05, 3.63) is 35.4 Å². The van der Waals surface area contributed by atoms with Crippen LogP contribution < -0.4 is 0 Å². The van der Waals surface area contributed by atoms with Crippen molar-refractivity contribution in [3.8, 4) is 0 Å². The fourth-order valence-corrected chi connectivity index (χ4v) is 1.64. The lowest BCUT2D eigenvalue weighted by Crippen LogP contribution is -2.20. The lowest BCUT2D eigenvalue weighted by Gasteiger charge is -2.19. The van der Waals surface area contributed by atoms with Gasteiger partial charge in [0.2, 0.25) is 0 Å². The van der Waals surface area contributed by atoms with E-state index >= 15 is 0 Å². The molecule has 0 bridgehead atoms. The molecule has 0 aliphatic rings. The number of carbonyl (C=O) groups is 1. The number of esters is 1. The summed E-state index contributed by atoms with van der Waals surface area (Å²) in [5.41, 5.74) is 0.170. The van der Waals surface area contributed by atoms with Crippen molar-refractivity contribution in [2.45, 2.75) is 19.8 Å². The molecule has 0 spiro atoms. The zero-order valence-electron chi connectivity index (χ0n) is 9.46. The van der Waals surface area contributed by atoms with Crippen LogP contribution in [0.5, 0.6) is 0 Å². The van der Waals surface area contributed by atoms with Gasteiger partial charge in [-0.1, -0.05) is 19.9 Å². The van der Waals surface area contributed by atoms with E-state index in [4.69, 9.17) is 0 Å². The Morgan fingerprint density at radius 2 is 1.94 bits per heavy atom. The van der Waals surface area contributed by atoms with E-state index in [9.17, 15) is 13.6 Å². The van der Waals surface area contributed by atoms with Crippen LogP contribution in [0.25, 0.3) is 0 Å². The largest absolute Gasteiger partial charge is 0.469 e. The molecule has 0 aliphatic heterocycles. The summed E-state index contributed by atoms with van der Waals surface area (Å²) in [7, 11) is 1.25. The van der Waals surface area contributed by atoms with Crippen LogP contribution in [0.15, 0.2) is 18.2 Å². The molecule has 4 heteroatoms. The molecule has 0 N–H and O–H groups in total. The molecule has 1 unspecified atom stereocenters. The first-order chi connectivity index (χ1) is 7.47. The van der Waals surface area contributed by atoms with E-state index < -0.39 is 23.5 Å². The summed E-state index contributed by atoms with van der Waals surface area (Å²) in [6.07, 6.45) is 0. The van der Waals surface area contributed by atoms with E-state index in [1.54, 1.807) is 13.8 Å². The van der Waals surface area contributed by atoms with E-state index in [0.29, 0.717) is 0 Å². The standard InChI is InChI=1S/C12H14F2O2/c1-7(2)11(12(15)16-3)9-5-4-8(13)6-10(9)14/h4-7,11H,1-3H3. The van der Waals surface area contributed by atoms with Gasteiger partial charge >= 0.3 is 5.97 Å². The summed E-state index contributed by atoms with van der Waals surface area (Å²) in [5.74, 6) is -2.71. The third kappa shape index (κ3) is 2.56. The van der Waals surface area contributed by atoms with Crippen LogP contribution in [-0.4, -0.2) is 13.1 Å².